The van der Waals surface area contributed by atoms with E-state index in [0.29, 0.717) is 30.8 Å². The molecule has 2 fully saturated rings. The summed E-state index contributed by atoms with van der Waals surface area (Å²) in [5.41, 5.74) is 41.3. The van der Waals surface area contributed by atoms with Crippen LogP contribution in [0.3, 0.4) is 0 Å². The largest absolute Gasteiger partial charge is 0.394 e. The van der Waals surface area contributed by atoms with E-state index in [0.717, 1.165) is 0 Å². The quantitative estimate of drug-likeness (QED) is 0.0464. The average molecular weight is 1580 g/mol. The first-order chi connectivity index (χ1) is 50.3. The molecule has 0 aliphatic carbocycles. The van der Waals surface area contributed by atoms with Gasteiger partial charge in [-0.05, 0) is 75.2 Å². The Labute approximate surface area is 626 Å². The van der Waals surface area contributed by atoms with E-state index in [1.165, 1.54) is 30.3 Å². The zero-order chi connectivity index (χ0) is 78.5. The highest BCUT2D eigenvalue weighted by Crippen LogP contribution is 2.26. The molecule has 0 radical (unpaired) electrons. The predicted octanol–water partition coefficient (Wildman–Crippen LogP) is -11.6. The number of nitrogens with two attached hydrogens (primary N) is 7. The molecule has 0 spiro atoms. The molecule has 106 heavy (non-hydrogen) atoms. The van der Waals surface area contributed by atoms with Crippen molar-refractivity contribution in [1.82, 2.24) is 74.4 Å². The van der Waals surface area contributed by atoms with E-state index < -0.39 is 214 Å². The van der Waals surface area contributed by atoms with Crippen molar-refractivity contribution in [2.45, 2.75) is 142 Å². The van der Waals surface area contributed by atoms with E-state index in [1.54, 1.807) is 6.07 Å². The highest BCUT2D eigenvalue weighted by atomic mass is 35.5. The number of aliphatic imine (C=N–C) groups is 2. The molecule has 588 valence electrons. The lowest BCUT2D eigenvalue weighted by atomic mass is 10.0. The number of guanidine groups is 2. The maximum atomic E-state index is 14.0. The van der Waals surface area contributed by atoms with Crippen LogP contribution < -0.4 is 125 Å². The van der Waals surface area contributed by atoms with Gasteiger partial charge in [0.2, 0.25) is 70.9 Å². The lowest BCUT2D eigenvalue weighted by Crippen LogP contribution is -2.66. The smallest absolute Gasteiger partial charge is 0.245 e. The monoisotopic (exact) mass is 1580 g/mol. The van der Waals surface area contributed by atoms with Crippen molar-refractivity contribution in [3.63, 3.8) is 0 Å². The molecule has 2 aromatic rings. The zero-order valence-corrected chi connectivity index (χ0v) is 60.0. The third-order valence-corrected chi connectivity index (χ3v) is 17.9. The number of aliphatic hydroxyl groups is 5. The maximum Gasteiger partial charge on any atom is 0.245 e. The summed E-state index contributed by atoms with van der Waals surface area (Å²) < 4.78 is 0. The van der Waals surface area contributed by atoms with Gasteiger partial charge in [0.15, 0.2) is 18.1 Å². The molecule has 4 aliphatic heterocycles. The fourth-order valence-corrected chi connectivity index (χ4v) is 11.1. The molecule has 2 aromatic carbocycles. The number of benzene rings is 2. The Bertz CT molecular complexity index is 3480. The summed E-state index contributed by atoms with van der Waals surface area (Å²) >= 11 is 24.3. The molecule has 0 bridgehead atoms. The van der Waals surface area contributed by atoms with E-state index in [1.807, 2.05) is 0 Å². The van der Waals surface area contributed by atoms with Crippen molar-refractivity contribution >= 4 is 141 Å². The van der Waals surface area contributed by atoms with Crippen LogP contribution in [0.15, 0.2) is 46.4 Å². The van der Waals surface area contributed by atoms with Crippen LogP contribution in [0, 0.1) is 0 Å². The number of nitrogens with one attached hydrogen (secondary N) is 16. The Hall–Kier alpha value is -9.02. The Morgan fingerprint density at radius 3 is 1.49 bits per heavy atom. The fourth-order valence-electron chi connectivity index (χ4n) is 10.5. The van der Waals surface area contributed by atoms with Gasteiger partial charge in [0.05, 0.1) is 58.1 Å². The van der Waals surface area contributed by atoms with Crippen LogP contribution in [-0.2, 0) is 57.5 Å². The standard InChI is InChI=1S/C30H47Cl2N13O7.C30H46Cl2N12O10/c31-16-4-3-15(9-17(16)32)38-11-20-27(50)45-24(19-5-7-37-30(36)44-19)29(52)40-10-18(35)25(48)43-22(13-46)28(51)42-21(26(49)41-20)12-39-23(47)8-14(34)2-1-6-33;31-13-2-1-12(5-14(13)32)36-8-18-26(51)44-24(16-7-23(49)43-30(35)42-16)29(54)37-9-17(38-22(48)6-15(34)21(47)3-4-33)25(50)40-20(11-46)28(53)41-19(10-45)27(52)39-18/h3-4,9,14,18-22,24,38,46H,1-2,5-8,10-13,33-35H2,(H,39,47)(H,40,52)(H,41,49)(H,42,51)(H,43,48)(H,45,50)(H3,36,37,44);1-2,5,15-21,23-24,36,45-47,49H,3-4,6-11,33-34H2,(H,37,54)(H,38,48)(H,39,52)(H,40,50)(H,41,53)(H,44,51)(H3,35,42,43)/t14-,18?,19?,20?,21-,22-,24-;15-,16?,17?,18?,19+,20+,21-,23-,24+/m01/s1. The normalized spacial score (nSPS) is 26.3. The summed E-state index contributed by atoms with van der Waals surface area (Å²) in [5.74, 6) is -11.4. The number of hydrogen-bond acceptors (Lipinski definition) is 30. The number of hydrogen-bond donors (Lipinski definition) is 28. The molecular formula is C60H93Cl4N25O17. The van der Waals surface area contributed by atoms with Crippen molar-refractivity contribution in [3.05, 3.63) is 56.5 Å². The minimum atomic E-state index is -1.74. The van der Waals surface area contributed by atoms with Gasteiger partial charge in [-0.2, -0.15) is 0 Å². The summed E-state index contributed by atoms with van der Waals surface area (Å²) in [6.07, 6.45) is -2.00. The first-order valence-electron chi connectivity index (χ1n) is 33.2. The van der Waals surface area contributed by atoms with Crippen molar-refractivity contribution in [1.29, 1.82) is 0 Å². The van der Waals surface area contributed by atoms with Crippen molar-refractivity contribution < 1.29 is 83.1 Å². The van der Waals surface area contributed by atoms with Gasteiger partial charge >= 0.3 is 0 Å². The van der Waals surface area contributed by atoms with Gasteiger partial charge in [-0.3, -0.25) is 62.5 Å². The third-order valence-electron chi connectivity index (χ3n) is 16.4. The van der Waals surface area contributed by atoms with Crippen molar-refractivity contribution in [3.8, 4) is 0 Å². The fraction of sp³-hybridized carbons (Fsp3) is 0.567. The number of carbonyl (C=O) groups is 12. The summed E-state index contributed by atoms with van der Waals surface area (Å²) in [6.45, 7) is -4.41. The second kappa shape index (κ2) is 43.6. The zero-order valence-electron chi connectivity index (χ0n) is 57.0. The van der Waals surface area contributed by atoms with Gasteiger partial charge in [0, 0.05) is 82.0 Å². The molecular weight excluding hydrogens is 1480 g/mol. The Balaban J connectivity index is 0.000000381. The second-order valence-corrected chi connectivity index (χ2v) is 26.3. The number of halogens is 4. The van der Waals surface area contributed by atoms with Crippen LogP contribution in [0.4, 0.5) is 11.4 Å². The van der Waals surface area contributed by atoms with E-state index in [-0.39, 0.29) is 83.9 Å². The molecule has 16 atom stereocenters. The summed E-state index contributed by atoms with van der Waals surface area (Å²) in [4.78, 5) is 168. The SMILES string of the molecule is NCCC[C@H](N)CC(=O)NC[C@@H]1NC(=O)[C@H](CO)NC(=O)C(N)CNC(=O)[C@H](C2CCN=C(N)N2)NC(=O)C(CNc2ccc(Cl)c(Cl)c2)NC1=O.NCC[C@@H](O)[C@H](N)CC(=O)NC1CNC(=O)[C@H](C2C[C@@H](O)N=C(N)N2)NC(=O)C(CNc2ccc(Cl)c(Cl)c2)NC(=O)[C@H](CO)NC(=O)[C@H](CO)NC1=O. The van der Waals surface area contributed by atoms with Crippen LogP contribution >= 0.6 is 46.4 Å². The lowest BCUT2D eigenvalue weighted by Gasteiger charge is -2.33. The second-order valence-electron chi connectivity index (χ2n) is 24.6. The number of carbonyl (C=O) groups excluding carboxylic acids is 12. The van der Waals surface area contributed by atoms with Crippen LogP contribution in [0.1, 0.15) is 44.9 Å². The topological polar surface area (TPSA) is 705 Å². The Morgan fingerprint density at radius 2 is 1.00 bits per heavy atom. The van der Waals surface area contributed by atoms with Crippen molar-refractivity contribution in [2.75, 3.05) is 82.8 Å². The number of amides is 12. The highest BCUT2D eigenvalue weighted by Gasteiger charge is 2.41. The van der Waals surface area contributed by atoms with Crippen LogP contribution in [0.25, 0.3) is 0 Å². The van der Waals surface area contributed by atoms with Gasteiger partial charge in [0.25, 0.3) is 0 Å². The number of aliphatic hydroxyl groups excluding tert-OH is 5. The van der Waals surface area contributed by atoms with Crippen LogP contribution in [-0.4, -0.2) is 277 Å². The first-order valence-corrected chi connectivity index (χ1v) is 34.7. The average Bonchev–Trinajstić information content (AvgIpc) is 0.830. The van der Waals surface area contributed by atoms with E-state index >= 15 is 0 Å². The molecule has 0 saturated carbocycles. The highest BCUT2D eigenvalue weighted by molar-refractivity contribution is 6.42. The number of nitrogens with zero attached hydrogens (tertiary/aromatic N) is 2. The molecule has 0 aromatic heterocycles. The van der Waals surface area contributed by atoms with Crippen molar-refractivity contribution in [2.24, 2.45) is 50.1 Å². The minimum absolute atomic E-state index is 0.0312. The Morgan fingerprint density at radius 1 is 0.538 bits per heavy atom. The van der Waals surface area contributed by atoms with Gasteiger partial charge in [-0.15, -0.1) is 0 Å². The van der Waals surface area contributed by atoms with E-state index in [2.05, 4.69) is 95.1 Å². The van der Waals surface area contributed by atoms with E-state index in [9.17, 15) is 83.1 Å². The molecule has 2 saturated heterocycles. The lowest BCUT2D eigenvalue weighted by molar-refractivity contribution is -0.137. The van der Waals surface area contributed by atoms with Crippen LogP contribution in [0.5, 0.6) is 0 Å². The number of anilines is 2. The van der Waals surface area contributed by atoms with Gasteiger partial charge in [-0.1, -0.05) is 46.4 Å². The van der Waals surface area contributed by atoms with E-state index in [4.69, 9.17) is 86.5 Å². The maximum absolute atomic E-state index is 14.0. The summed E-state index contributed by atoms with van der Waals surface area (Å²) in [5, 5.41) is 91.7. The molecule has 4 aliphatic rings. The third kappa shape index (κ3) is 28.0. The van der Waals surface area contributed by atoms with Crippen LogP contribution in [0.2, 0.25) is 20.1 Å². The predicted molar refractivity (Wildman–Crippen MR) is 386 cm³/mol. The summed E-state index contributed by atoms with van der Waals surface area (Å²) in [6, 6.07) is -9.95. The molecule has 6 rings (SSSR count). The minimum Gasteiger partial charge on any atom is -0.394 e. The molecule has 6 unspecified atom stereocenters. The molecule has 42 nitrogen and oxygen atoms in total. The summed E-state index contributed by atoms with van der Waals surface area (Å²) in [7, 11) is 0. The van der Waals surface area contributed by atoms with Gasteiger partial charge in [-0.25, -0.2) is 4.99 Å². The van der Waals surface area contributed by atoms with Gasteiger partial charge in [0.1, 0.15) is 60.4 Å². The number of rotatable bonds is 24. The molecule has 35 N–H and O–H groups in total. The molecule has 4 heterocycles. The first kappa shape index (κ1) is 87.6. The molecule has 46 heteroatoms. The molecule has 12 amide bonds. The van der Waals surface area contributed by atoms with Gasteiger partial charge < -0.3 is 151 Å². The Kier molecular flexibility index (Phi) is 36.0.